The van der Waals surface area contributed by atoms with Crippen LogP contribution < -0.4 is 10.6 Å². The fourth-order valence-corrected chi connectivity index (χ4v) is 1.09. The Balaban J connectivity index is 2.41. The van der Waals surface area contributed by atoms with E-state index in [0.717, 1.165) is 11.5 Å². The van der Waals surface area contributed by atoms with Gasteiger partial charge >= 0.3 is 0 Å². The molecule has 1 aromatic heterocycles. The Morgan fingerprint density at radius 2 is 2.18 bits per heavy atom. The van der Waals surface area contributed by atoms with Crippen molar-refractivity contribution in [3.63, 3.8) is 0 Å². The number of anilines is 1. The second kappa shape index (κ2) is 2.43. The van der Waals surface area contributed by atoms with Crippen molar-refractivity contribution in [1.29, 1.82) is 0 Å². The number of fused-ring (bicyclic) bond motifs is 1. The highest BCUT2D eigenvalue weighted by molar-refractivity contribution is 7.80. The van der Waals surface area contributed by atoms with Crippen LogP contribution in [0.3, 0.4) is 0 Å². The number of hydrogen-bond donors (Lipinski definition) is 2. The Hall–Kier alpha value is -1.23. The number of rotatable bonds is 0. The van der Waals surface area contributed by atoms with E-state index in [0.29, 0.717) is 11.7 Å². The third-order valence-corrected chi connectivity index (χ3v) is 1.67. The molecule has 2 N–H and O–H groups in total. The lowest BCUT2D eigenvalue weighted by atomic mass is 10.3. The van der Waals surface area contributed by atoms with Crippen molar-refractivity contribution in [2.75, 3.05) is 5.32 Å². The van der Waals surface area contributed by atoms with Gasteiger partial charge in [-0.1, -0.05) is 0 Å². The molecule has 0 bridgehead atoms. The maximum absolute atomic E-state index is 4.89. The maximum Gasteiger partial charge on any atom is 0.172 e. The summed E-state index contributed by atoms with van der Waals surface area (Å²) in [6.07, 6.45) is 3.30. The number of nitrogens with one attached hydrogen (secondary N) is 2. The van der Waals surface area contributed by atoms with E-state index >= 15 is 0 Å². The Morgan fingerprint density at radius 3 is 3.09 bits per heavy atom. The van der Waals surface area contributed by atoms with Gasteiger partial charge in [0.25, 0.3) is 0 Å². The third-order valence-electron chi connectivity index (χ3n) is 1.42. The molecular weight excluding hydrogens is 160 g/mol. The van der Waals surface area contributed by atoms with Crippen LogP contribution in [0.25, 0.3) is 0 Å². The van der Waals surface area contributed by atoms with Gasteiger partial charge in [0.15, 0.2) is 10.9 Å². The van der Waals surface area contributed by atoms with Gasteiger partial charge < -0.3 is 10.6 Å². The van der Waals surface area contributed by atoms with Crippen molar-refractivity contribution in [3.05, 3.63) is 18.1 Å². The molecule has 0 aromatic carbocycles. The third kappa shape index (κ3) is 1.14. The molecule has 0 saturated heterocycles. The summed E-state index contributed by atoms with van der Waals surface area (Å²) < 4.78 is 0. The Bertz CT molecular complexity index is 298. The second-order valence-corrected chi connectivity index (χ2v) is 2.57. The zero-order chi connectivity index (χ0) is 7.68. The molecule has 0 amide bonds. The number of thiocarbonyl (C=S) groups is 1. The molecule has 4 nitrogen and oxygen atoms in total. The Labute approximate surface area is 69.1 Å². The van der Waals surface area contributed by atoms with Gasteiger partial charge in [-0.15, -0.1) is 0 Å². The van der Waals surface area contributed by atoms with Gasteiger partial charge in [-0.2, -0.15) is 0 Å². The molecular formula is C6H6N4S. The average Bonchev–Trinajstić information content (AvgIpc) is 2.04. The molecule has 0 saturated carbocycles. The predicted molar refractivity (Wildman–Crippen MR) is 45.1 cm³/mol. The van der Waals surface area contributed by atoms with Crippen LogP contribution in [0.2, 0.25) is 0 Å². The van der Waals surface area contributed by atoms with Crippen molar-refractivity contribution >= 4 is 23.1 Å². The van der Waals surface area contributed by atoms with Crippen LogP contribution in [-0.4, -0.2) is 15.1 Å². The molecule has 0 aliphatic carbocycles. The number of aromatic nitrogens is 2. The van der Waals surface area contributed by atoms with E-state index < -0.39 is 0 Å². The van der Waals surface area contributed by atoms with E-state index in [-0.39, 0.29) is 0 Å². The number of nitrogens with zero attached hydrogens (tertiary/aromatic N) is 2. The molecule has 56 valence electrons. The quantitative estimate of drug-likeness (QED) is 0.542. The lowest BCUT2D eigenvalue weighted by Gasteiger charge is -2.17. The lowest BCUT2D eigenvalue weighted by Crippen LogP contribution is -2.34. The summed E-state index contributed by atoms with van der Waals surface area (Å²) in [6, 6.07) is 0. The molecule has 5 heteroatoms. The van der Waals surface area contributed by atoms with Crippen molar-refractivity contribution in [1.82, 2.24) is 15.3 Å². The first-order valence-corrected chi connectivity index (χ1v) is 3.62. The van der Waals surface area contributed by atoms with Gasteiger partial charge in [-0.25, -0.2) is 4.98 Å². The summed E-state index contributed by atoms with van der Waals surface area (Å²) in [4.78, 5) is 8.18. The summed E-state index contributed by atoms with van der Waals surface area (Å²) in [6.45, 7) is 0.662. The summed E-state index contributed by atoms with van der Waals surface area (Å²) in [7, 11) is 0. The molecule has 11 heavy (non-hydrogen) atoms. The highest BCUT2D eigenvalue weighted by Crippen LogP contribution is 2.10. The van der Waals surface area contributed by atoms with E-state index in [1.807, 2.05) is 0 Å². The van der Waals surface area contributed by atoms with E-state index in [4.69, 9.17) is 12.2 Å². The minimum atomic E-state index is 0.609. The van der Waals surface area contributed by atoms with E-state index in [2.05, 4.69) is 20.6 Å². The molecule has 0 fully saturated rings. The molecule has 0 spiro atoms. The summed E-state index contributed by atoms with van der Waals surface area (Å²) in [5.41, 5.74) is 0.904. The standard InChI is InChI=1S/C6H6N4S/c11-6-9-3-4-5(10-6)8-2-1-7-4/h1-2H,3H2,(H2,8,9,10,11). The van der Waals surface area contributed by atoms with E-state index in [1.165, 1.54) is 0 Å². The Kier molecular flexibility index (Phi) is 1.43. The highest BCUT2D eigenvalue weighted by atomic mass is 32.1. The van der Waals surface area contributed by atoms with Crippen LogP contribution in [0.4, 0.5) is 5.82 Å². The summed E-state index contributed by atoms with van der Waals surface area (Å²) in [5.74, 6) is 0.760. The molecule has 2 heterocycles. The van der Waals surface area contributed by atoms with E-state index in [1.54, 1.807) is 12.4 Å². The topological polar surface area (TPSA) is 49.8 Å². The molecule has 0 radical (unpaired) electrons. The summed E-state index contributed by atoms with van der Waals surface area (Å²) in [5, 5.41) is 6.47. The van der Waals surface area contributed by atoms with Crippen molar-refractivity contribution in [2.24, 2.45) is 0 Å². The van der Waals surface area contributed by atoms with Crippen LogP contribution in [-0.2, 0) is 6.54 Å². The first kappa shape index (κ1) is 6.48. The van der Waals surface area contributed by atoms with Gasteiger partial charge in [-0.3, -0.25) is 4.98 Å². The second-order valence-electron chi connectivity index (χ2n) is 2.16. The smallest absolute Gasteiger partial charge is 0.172 e. The average molecular weight is 166 g/mol. The monoisotopic (exact) mass is 166 g/mol. The fraction of sp³-hybridized carbons (Fsp3) is 0.167. The highest BCUT2D eigenvalue weighted by Gasteiger charge is 2.11. The van der Waals surface area contributed by atoms with Gasteiger partial charge in [0.1, 0.15) is 5.69 Å². The fourth-order valence-electron chi connectivity index (χ4n) is 0.916. The zero-order valence-electron chi connectivity index (χ0n) is 5.66. The zero-order valence-corrected chi connectivity index (χ0v) is 6.48. The first-order valence-electron chi connectivity index (χ1n) is 3.21. The SMILES string of the molecule is S=C1NCc2nccnc2N1. The van der Waals surface area contributed by atoms with Gasteiger partial charge in [0, 0.05) is 12.4 Å². The summed E-state index contributed by atoms with van der Waals surface area (Å²) >= 11 is 4.89. The minimum absolute atomic E-state index is 0.609. The van der Waals surface area contributed by atoms with Gasteiger partial charge in [-0.05, 0) is 12.2 Å². The molecule has 1 aromatic rings. The molecule has 1 aliphatic heterocycles. The Morgan fingerprint density at radius 1 is 1.36 bits per heavy atom. The van der Waals surface area contributed by atoms with E-state index in [9.17, 15) is 0 Å². The van der Waals surface area contributed by atoms with Crippen LogP contribution >= 0.6 is 12.2 Å². The van der Waals surface area contributed by atoms with Crippen molar-refractivity contribution < 1.29 is 0 Å². The van der Waals surface area contributed by atoms with Gasteiger partial charge in [0.2, 0.25) is 0 Å². The molecule has 1 aliphatic rings. The number of hydrogen-bond acceptors (Lipinski definition) is 3. The van der Waals surface area contributed by atoms with Gasteiger partial charge in [0.05, 0.1) is 6.54 Å². The van der Waals surface area contributed by atoms with Crippen LogP contribution in [0, 0.1) is 0 Å². The predicted octanol–water partition coefficient (Wildman–Crippen LogP) is 0.277. The molecule has 2 rings (SSSR count). The normalized spacial score (nSPS) is 14.7. The van der Waals surface area contributed by atoms with Crippen molar-refractivity contribution in [3.8, 4) is 0 Å². The molecule has 0 atom stereocenters. The lowest BCUT2D eigenvalue weighted by molar-refractivity contribution is 0.851. The van der Waals surface area contributed by atoms with Crippen molar-refractivity contribution in [2.45, 2.75) is 6.54 Å². The minimum Gasteiger partial charge on any atom is -0.357 e. The van der Waals surface area contributed by atoms with Crippen LogP contribution in [0.15, 0.2) is 12.4 Å². The van der Waals surface area contributed by atoms with Crippen LogP contribution in [0.5, 0.6) is 0 Å². The van der Waals surface area contributed by atoms with Crippen LogP contribution in [0.1, 0.15) is 5.69 Å². The molecule has 0 unspecified atom stereocenters. The largest absolute Gasteiger partial charge is 0.357 e. The first-order chi connectivity index (χ1) is 5.36. The maximum atomic E-state index is 4.89.